The average molecular weight is 260 g/mol. The zero-order chi connectivity index (χ0) is 12.4. The molecule has 1 aromatic heterocycles. The number of benzene rings is 1. The van der Waals surface area contributed by atoms with Crippen molar-refractivity contribution in [2.75, 3.05) is 18.0 Å². The van der Waals surface area contributed by atoms with Crippen molar-refractivity contribution in [3.05, 3.63) is 52.9 Å². The lowest BCUT2D eigenvalue weighted by atomic mass is 10.0. The highest BCUT2D eigenvalue weighted by Crippen LogP contribution is 2.20. The molecule has 0 radical (unpaired) electrons. The maximum atomic E-state index is 5.92. The molecule has 18 heavy (non-hydrogen) atoms. The molecule has 0 unspecified atom stereocenters. The first-order valence-electron chi connectivity index (χ1n) is 6.12. The van der Waals surface area contributed by atoms with E-state index in [2.05, 4.69) is 39.1 Å². The van der Waals surface area contributed by atoms with Crippen molar-refractivity contribution >= 4 is 17.4 Å². The molecule has 0 N–H and O–H groups in total. The van der Waals surface area contributed by atoms with Gasteiger partial charge in [0.25, 0.3) is 0 Å². The number of hydrogen-bond acceptors (Lipinski definition) is 3. The zero-order valence-electron chi connectivity index (χ0n) is 10.0. The third-order valence-electron chi connectivity index (χ3n) is 3.36. The van der Waals surface area contributed by atoms with Gasteiger partial charge in [-0.15, -0.1) is 0 Å². The van der Waals surface area contributed by atoms with Crippen molar-refractivity contribution in [3.63, 3.8) is 0 Å². The predicted molar refractivity (Wildman–Crippen MR) is 73.1 cm³/mol. The molecule has 1 aromatic carbocycles. The van der Waals surface area contributed by atoms with E-state index in [1.54, 1.807) is 0 Å². The van der Waals surface area contributed by atoms with Crippen LogP contribution in [0.2, 0.25) is 5.15 Å². The fraction of sp³-hybridized carbons (Fsp3) is 0.286. The van der Waals surface area contributed by atoms with Crippen molar-refractivity contribution in [1.82, 2.24) is 9.97 Å². The van der Waals surface area contributed by atoms with Gasteiger partial charge in [0.15, 0.2) is 0 Å². The highest BCUT2D eigenvalue weighted by atomic mass is 35.5. The zero-order valence-corrected chi connectivity index (χ0v) is 10.8. The Labute approximate surface area is 111 Å². The Kier molecular flexibility index (Phi) is 3.15. The molecule has 0 atom stereocenters. The minimum Gasteiger partial charge on any atom is -0.356 e. The number of fused-ring (bicyclic) bond motifs is 1. The molecule has 0 aliphatic carbocycles. The third-order valence-corrected chi connectivity index (χ3v) is 3.57. The lowest BCUT2D eigenvalue weighted by Gasteiger charge is -2.20. The van der Waals surface area contributed by atoms with Gasteiger partial charge >= 0.3 is 0 Å². The van der Waals surface area contributed by atoms with E-state index >= 15 is 0 Å². The summed E-state index contributed by atoms with van der Waals surface area (Å²) in [6, 6.07) is 10.5. The number of aromatic nitrogens is 2. The van der Waals surface area contributed by atoms with Crippen LogP contribution in [0, 0.1) is 0 Å². The second-order valence-electron chi connectivity index (χ2n) is 4.45. The summed E-state index contributed by atoms with van der Waals surface area (Å²) in [7, 11) is 0. The van der Waals surface area contributed by atoms with Gasteiger partial charge < -0.3 is 4.90 Å². The molecule has 0 fully saturated rings. The Morgan fingerprint density at radius 3 is 2.28 bits per heavy atom. The first-order chi connectivity index (χ1) is 8.83. The number of nitrogens with zero attached hydrogens (tertiary/aromatic N) is 3. The van der Waals surface area contributed by atoms with Gasteiger partial charge in [0.1, 0.15) is 17.3 Å². The Morgan fingerprint density at radius 1 is 1.00 bits per heavy atom. The van der Waals surface area contributed by atoms with E-state index in [9.17, 15) is 0 Å². The van der Waals surface area contributed by atoms with Crippen LogP contribution in [0.5, 0.6) is 0 Å². The van der Waals surface area contributed by atoms with Crippen LogP contribution in [0.25, 0.3) is 0 Å². The van der Waals surface area contributed by atoms with Crippen LogP contribution >= 0.6 is 11.6 Å². The van der Waals surface area contributed by atoms with Gasteiger partial charge in [0, 0.05) is 19.2 Å². The molecule has 0 saturated carbocycles. The summed E-state index contributed by atoms with van der Waals surface area (Å²) in [5.41, 5.74) is 2.89. The lowest BCUT2D eigenvalue weighted by Crippen LogP contribution is -2.26. The number of hydrogen-bond donors (Lipinski definition) is 0. The van der Waals surface area contributed by atoms with E-state index in [-0.39, 0.29) is 0 Å². The first-order valence-corrected chi connectivity index (χ1v) is 6.50. The minimum atomic E-state index is 0.502. The van der Waals surface area contributed by atoms with E-state index in [4.69, 9.17) is 11.6 Å². The van der Waals surface area contributed by atoms with Gasteiger partial charge in [-0.05, 0) is 24.0 Å². The van der Waals surface area contributed by atoms with E-state index in [1.807, 2.05) is 6.07 Å². The SMILES string of the molecule is Clc1cc(N2CCc3ccccc3CC2)ncn1. The van der Waals surface area contributed by atoms with Crippen molar-refractivity contribution in [1.29, 1.82) is 0 Å². The molecule has 3 nitrogen and oxygen atoms in total. The molecule has 2 heterocycles. The molecule has 2 aromatic rings. The van der Waals surface area contributed by atoms with Gasteiger partial charge in [-0.25, -0.2) is 9.97 Å². The maximum absolute atomic E-state index is 5.92. The maximum Gasteiger partial charge on any atom is 0.134 e. The summed E-state index contributed by atoms with van der Waals surface area (Å²) in [4.78, 5) is 10.5. The molecule has 92 valence electrons. The van der Waals surface area contributed by atoms with Crippen molar-refractivity contribution in [3.8, 4) is 0 Å². The van der Waals surface area contributed by atoms with Crippen LogP contribution < -0.4 is 4.90 Å². The lowest BCUT2D eigenvalue weighted by molar-refractivity contribution is 0.788. The average Bonchev–Trinajstić information content (AvgIpc) is 2.61. The standard InChI is InChI=1S/C14H14ClN3/c15-13-9-14(17-10-16-13)18-7-5-11-3-1-2-4-12(11)6-8-18/h1-4,9-10H,5-8H2. The Morgan fingerprint density at radius 2 is 1.67 bits per heavy atom. The summed E-state index contributed by atoms with van der Waals surface area (Å²) in [5, 5.41) is 0.502. The number of halogens is 1. The van der Waals surface area contributed by atoms with Crippen molar-refractivity contribution in [2.24, 2.45) is 0 Å². The van der Waals surface area contributed by atoms with E-state index < -0.39 is 0 Å². The van der Waals surface area contributed by atoms with E-state index in [1.165, 1.54) is 17.5 Å². The Hall–Kier alpha value is -1.61. The molecule has 0 saturated heterocycles. The molecule has 1 aliphatic rings. The molecular formula is C14H14ClN3. The second kappa shape index (κ2) is 4.94. The first kappa shape index (κ1) is 11.5. The molecule has 0 amide bonds. The topological polar surface area (TPSA) is 29.0 Å². The summed E-state index contributed by atoms with van der Waals surface area (Å²) in [6.07, 6.45) is 3.63. The van der Waals surface area contributed by atoms with Gasteiger partial charge in [-0.1, -0.05) is 35.9 Å². The van der Waals surface area contributed by atoms with E-state index in [0.717, 1.165) is 31.7 Å². The highest BCUT2D eigenvalue weighted by molar-refractivity contribution is 6.29. The second-order valence-corrected chi connectivity index (χ2v) is 4.84. The summed E-state index contributed by atoms with van der Waals surface area (Å²) >= 11 is 5.92. The van der Waals surface area contributed by atoms with Crippen LogP contribution in [-0.4, -0.2) is 23.1 Å². The van der Waals surface area contributed by atoms with Crippen molar-refractivity contribution < 1.29 is 0 Å². The molecule has 4 heteroatoms. The Bertz CT molecular complexity index is 529. The molecule has 0 bridgehead atoms. The fourth-order valence-electron chi connectivity index (χ4n) is 2.39. The van der Waals surface area contributed by atoms with Crippen LogP contribution in [0.1, 0.15) is 11.1 Å². The van der Waals surface area contributed by atoms with Gasteiger partial charge in [-0.2, -0.15) is 0 Å². The van der Waals surface area contributed by atoms with Crippen molar-refractivity contribution in [2.45, 2.75) is 12.8 Å². The number of anilines is 1. The summed E-state index contributed by atoms with van der Waals surface area (Å²) in [5.74, 6) is 0.919. The third kappa shape index (κ3) is 2.31. The fourth-order valence-corrected chi connectivity index (χ4v) is 2.54. The normalized spacial score (nSPS) is 15.1. The molecular weight excluding hydrogens is 246 g/mol. The smallest absolute Gasteiger partial charge is 0.134 e. The van der Waals surface area contributed by atoms with Gasteiger partial charge in [0.2, 0.25) is 0 Å². The number of rotatable bonds is 1. The molecule has 3 rings (SSSR count). The Balaban J connectivity index is 1.83. The van der Waals surface area contributed by atoms with E-state index in [0.29, 0.717) is 5.15 Å². The monoisotopic (exact) mass is 259 g/mol. The van der Waals surface area contributed by atoms with Gasteiger partial charge in [0.05, 0.1) is 0 Å². The molecule has 1 aliphatic heterocycles. The minimum absolute atomic E-state index is 0.502. The van der Waals surface area contributed by atoms with Crippen LogP contribution in [-0.2, 0) is 12.8 Å². The van der Waals surface area contributed by atoms with Crippen LogP contribution in [0.4, 0.5) is 5.82 Å². The summed E-state index contributed by atoms with van der Waals surface area (Å²) in [6.45, 7) is 1.95. The van der Waals surface area contributed by atoms with Crippen LogP contribution in [0.3, 0.4) is 0 Å². The predicted octanol–water partition coefficient (Wildman–Crippen LogP) is 2.74. The van der Waals surface area contributed by atoms with Crippen LogP contribution in [0.15, 0.2) is 36.7 Å². The largest absolute Gasteiger partial charge is 0.356 e. The summed E-state index contributed by atoms with van der Waals surface area (Å²) < 4.78 is 0. The molecule has 0 spiro atoms. The highest BCUT2D eigenvalue weighted by Gasteiger charge is 2.14. The quantitative estimate of drug-likeness (QED) is 0.738. The van der Waals surface area contributed by atoms with Gasteiger partial charge in [-0.3, -0.25) is 0 Å².